The standard InChI is InChI=1S/C19H14Cl2N8O2S/c20-12-7-6-11(14(21)8-12)9-23-25-19(30)16-15(10-32-13-4-2-1-3-5-13)29(28-24-16)18-17(22)26-31-27-18/h1-9H,10H2,(H2,22,26)(H,25,30)/b23-9-. The molecule has 1 amide bonds. The molecule has 2 heterocycles. The smallest absolute Gasteiger partial charge is 0.293 e. The predicted octanol–water partition coefficient (Wildman–Crippen LogP) is 3.60. The lowest BCUT2D eigenvalue weighted by molar-refractivity contribution is 0.0949. The molecule has 0 atom stereocenters. The van der Waals surface area contributed by atoms with Gasteiger partial charge in [-0.2, -0.15) is 9.78 Å². The topological polar surface area (TPSA) is 137 Å². The molecule has 13 heteroatoms. The molecule has 2 aromatic carbocycles. The normalized spacial score (nSPS) is 11.2. The van der Waals surface area contributed by atoms with Crippen LogP contribution in [0.15, 0.2) is 63.2 Å². The van der Waals surface area contributed by atoms with Crippen molar-refractivity contribution in [3.63, 3.8) is 0 Å². The molecule has 0 aliphatic carbocycles. The minimum atomic E-state index is -0.573. The summed E-state index contributed by atoms with van der Waals surface area (Å²) in [6, 6.07) is 14.6. The van der Waals surface area contributed by atoms with E-state index in [1.165, 1.54) is 22.7 Å². The number of hydrogen-bond acceptors (Lipinski definition) is 9. The van der Waals surface area contributed by atoms with E-state index in [4.69, 9.17) is 28.9 Å². The number of nitrogens with zero attached hydrogens (tertiary/aromatic N) is 6. The Labute approximate surface area is 195 Å². The molecule has 0 bridgehead atoms. The third-order valence-electron chi connectivity index (χ3n) is 4.13. The minimum Gasteiger partial charge on any atom is -0.378 e. The monoisotopic (exact) mass is 488 g/mol. The molecule has 0 radical (unpaired) electrons. The number of carbonyl (C=O) groups is 1. The van der Waals surface area contributed by atoms with E-state index >= 15 is 0 Å². The van der Waals surface area contributed by atoms with Crippen molar-refractivity contribution < 1.29 is 9.42 Å². The van der Waals surface area contributed by atoms with Crippen LogP contribution in [0.4, 0.5) is 5.82 Å². The second kappa shape index (κ2) is 9.81. The van der Waals surface area contributed by atoms with Gasteiger partial charge in [-0.3, -0.25) is 4.79 Å². The Hall–Kier alpha value is -3.41. The average Bonchev–Trinajstić information content (AvgIpc) is 3.40. The molecule has 0 saturated carbocycles. The number of nitrogen functional groups attached to an aromatic ring is 1. The van der Waals surface area contributed by atoms with Gasteiger partial charge in [-0.25, -0.2) is 10.1 Å². The van der Waals surface area contributed by atoms with Gasteiger partial charge in [0.2, 0.25) is 11.6 Å². The molecule has 32 heavy (non-hydrogen) atoms. The van der Waals surface area contributed by atoms with Crippen LogP contribution in [0.1, 0.15) is 21.7 Å². The van der Waals surface area contributed by atoms with Crippen LogP contribution in [0.5, 0.6) is 0 Å². The Kier molecular flexibility index (Phi) is 6.69. The van der Waals surface area contributed by atoms with Crippen molar-refractivity contribution in [2.45, 2.75) is 10.6 Å². The lowest BCUT2D eigenvalue weighted by atomic mass is 10.2. The molecule has 0 saturated heterocycles. The van der Waals surface area contributed by atoms with Crippen LogP contribution in [0.3, 0.4) is 0 Å². The maximum absolute atomic E-state index is 12.8. The van der Waals surface area contributed by atoms with Crippen molar-refractivity contribution in [2.24, 2.45) is 5.10 Å². The summed E-state index contributed by atoms with van der Waals surface area (Å²) in [4.78, 5) is 13.8. The molecule has 3 N–H and O–H groups in total. The fourth-order valence-electron chi connectivity index (χ4n) is 2.60. The molecule has 0 aliphatic rings. The molecule has 4 rings (SSSR count). The van der Waals surface area contributed by atoms with E-state index in [0.29, 0.717) is 27.1 Å². The van der Waals surface area contributed by atoms with Crippen molar-refractivity contribution in [3.05, 3.63) is 75.5 Å². The Morgan fingerprint density at radius 1 is 1.22 bits per heavy atom. The fraction of sp³-hybridized carbons (Fsp3) is 0.0526. The fourth-order valence-corrected chi connectivity index (χ4v) is 3.97. The van der Waals surface area contributed by atoms with Crippen LogP contribution in [-0.2, 0) is 5.75 Å². The van der Waals surface area contributed by atoms with Gasteiger partial charge in [0.15, 0.2) is 5.69 Å². The molecule has 0 spiro atoms. The summed E-state index contributed by atoms with van der Waals surface area (Å²) in [7, 11) is 0. The number of anilines is 1. The number of benzene rings is 2. The van der Waals surface area contributed by atoms with Crippen LogP contribution < -0.4 is 11.2 Å². The van der Waals surface area contributed by atoms with E-state index in [1.54, 1.807) is 18.2 Å². The van der Waals surface area contributed by atoms with Gasteiger partial charge < -0.3 is 5.73 Å². The molecule has 0 fully saturated rings. The highest BCUT2D eigenvalue weighted by atomic mass is 35.5. The highest BCUT2D eigenvalue weighted by molar-refractivity contribution is 7.98. The highest BCUT2D eigenvalue weighted by Crippen LogP contribution is 2.26. The maximum atomic E-state index is 12.8. The second-order valence-electron chi connectivity index (χ2n) is 6.24. The van der Waals surface area contributed by atoms with Gasteiger partial charge in [-0.1, -0.05) is 52.7 Å². The summed E-state index contributed by atoms with van der Waals surface area (Å²) in [6.07, 6.45) is 1.40. The summed E-state index contributed by atoms with van der Waals surface area (Å²) < 4.78 is 5.97. The van der Waals surface area contributed by atoms with Crippen LogP contribution in [0.25, 0.3) is 5.82 Å². The Balaban J connectivity index is 1.58. The maximum Gasteiger partial charge on any atom is 0.293 e. The number of halogens is 2. The molecule has 0 aliphatic heterocycles. The number of thioether (sulfide) groups is 1. The highest BCUT2D eigenvalue weighted by Gasteiger charge is 2.24. The van der Waals surface area contributed by atoms with Crippen LogP contribution in [0, 0.1) is 0 Å². The zero-order valence-corrected chi connectivity index (χ0v) is 18.5. The van der Waals surface area contributed by atoms with Crippen molar-refractivity contribution in [3.8, 4) is 5.82 Å². The number of nitrogens with two attached hydrogens (primary N) is 1. The first kappa shape index (κ1) is 21.8. The van der Waals surface area contributed by atoms with E-state index in [0.717, 1.165) is 4.90 Å². The van der Waals surface area contributed by atoms with Gasteiger partial charge in [-0.05, 0) is 34.6 Å². The summed E-state index contributed by atoms with van der Waals surface area (Å²) in [5.74, 6) is -0.0742. The summed E-state index contributed by atoms with van der Waals surface area (Å²) in [5.41, 5.74) is 9.30. The zero-order valence-electron chi connectivity index (χ0n) is 16.1. The minimum absolute atomic E-state index is 0.0169. The number of amides is 1. The van der Waals surface area contributed by atoms with Crippen molar-refractivity contribution in [1.82, 2.24) is 30.7 Å². The first-order valence-corrected chi connectivity index (χ1v) is 10.8. The van der Waals surface area contributed by atoms with Crippen molar-refractivity contribution in [2.75, 3.05) is 5.73 Å². The predicted molar refractivity (Wildman–Crippen MR) is 121 cm³/mol. The van der Waals surface area contributed by atoms with Gasteiger partial charge in [0.05, 0.1) is 16.9 Å². The molecule has 0 unspecified atom stereocenters. The molecule has 2 aromatic heterocycles. The lowest BCUT2D eigenvalue weighted by Crippen LogP contribution is -2.20. The van der Waals surface area contributed by atoms with E-state index in [9.17, 15) is 4.79 Å². The number of carbonyl (C=O) groups excluding carboxylic acids is 1. The third kappa shape index (κ3) is 4.90. The summed E-state index contributed by atoms with van der Waals surface area (Å²) in [6.45, 7) is 0. The number of hydrazone groups is 1. The molecule has 162 valence electrons. The SMILES string of the molecule is Nc1nonc1-n1nnc(C(=O)N/N=C\c2ccc(Cl)cc2Cl)c1CSc1ccccc1. The number of nitrogens with one attached hydrogen (secondary N) is 1. The van der Waals surface area contributed by atoms with E-state index in [-0.39, 0.29) is 17.3 Å². The lowest BCUT2D eigenvalue weighted by Gasteiger charge is -2.05. The first-order chi connectivity index (χ1) is 15.5. The molecule has 4 aromatic rings. The van der Waals surface area contributed by atoms with Crippen molar-refractivity contribution in [1.29, 1.82) is 0 Å². The summed E-state index contributed by atoms with van der Waals surface area (Å²) in [5, 5.41) is 20.1. The second-order valence-corrected chi connectivity index (χ2v) is 8.13. The van der Waals surface area contributed by atoms with Crippen LogP contribution in [0.2, 0.25) is 10.0 Å². The van der Waals surface area contributed by atoms with Gasteiger partial charge in [0.1, 0.15) is 0 Å². The first-order valence-electron chi connectivity index (χ1n) is 9.02. The average molecular weight is 489 g/mol. The number of rotatable bonds is 7. The van der Waals surface area contributed by atoms with Crippen LogP contribution in [-0.4, -0.2) is 37.4 Å². The van der Waals surface area contributed by atoms with E-state index in [2.05, 4.69) is 35.8 Å². The van der Waals surface area contributed by atoms with E-state index in [1.807, 2.05) is 30.3 Å². The summed E-state index contributed by atoms with van der Waals surface area (Å²) >= 11 is 13.5. The number of hydrogen-bond donors (Lipinski definition) is 2. The Bertz CT molecular complexity index is 1280. The van der Waals surface area contributed by atoms with Gasteiger partial charge in [-0.15, -0.1) is 16.9 Å². The van der Waals surface area contributed by atoms with E-state index < -0.39 is 5.91 Å². The van der Waals surface area contributed by atoms with Gasteiger partial charge >= 0.3 is 0 Å². The van der Waals surface area contributed by atoms with Crippen LogP contribution >= 0.6 is 35.0 Å². The Morgan fingerprint density at radius 2 is 2.03 bits per heavy atom. The van der Waals surface area contributed by atoms with Gasteiger partial charge in [0.25, 0.3) is 5.91 Å². The Morgan fingerprint density at radius 3 is 2.75 bits per heavy atom. The molecular formula is C19H14Cl2N8O2S. The van der Waals surface area contributed by atoms with Gasteiger partial charge in [0, 0.05) is 21.2 Å². The quantitative estimate of drug-likeness (QED) is 0.228. The zero-order chi connectivity index (χ0) is 22.5. The molecule has 10 nitrogen and oxygen atoms in total. The largest absolute Gasteiger partial charge is 0.378 e. The third-order valence-corrected chi connectivity index (χ3v) is 5.71. The number of aromatic nitrogens is 5. The molecular weight excluding hydrogens is 475 g/mol. The van der Waals surface area contributed by atoms with Crippen molar-refractivity contribution >= 4 is 52.9 Å².